The topological polar surface area (TPSA) is 27.3 Å². The average molecular weight is 519 g/mol. The predicted molar refractivity (Wildman–Crippen MR) is 165 cm³/mol. The number of rotatable bonds is 4. The molecule has 0 aliphatic rings. The van der Waals surface area contributed by atoms with Crippen LogP contribution in [0.25, 0.3) is 66.1 Å². The Morgan fingerprint density at radius 3 is 1.18 bits per heavy atom. The molecule has 3 aromatic heterocycles. The number of hydrogen-bond donors (Lipinski definition) is 0. The molecular weight excluding hydrogens is 492 g/mol. The van der Waals surface area contributed by atoms with Crippen LogP contribution in [0.15, 0.2) is 121 Å². The fraction of sp³-hybridized carbons (Fsp3) is 0.0556. The van der Waals surface area contributed by atoms with E-state index < -0.39 is 0 Å². The molecular formula is C36H26N2O2. The minimum atomic E-state index is 0.863. The Balaban J connectivity index is 1.41. The van der Waals surface area contributed by atoms with Gasteiger partial charge in [0, 0.05) is 10.8 Å². The Labute approximate surface area is 231 Å². The van der Waals surface area contributed by atoms with Crippen molar-refractivity contribution in [3.05, 3.63) is 121 Å². The van der Waals surface area contributed by atoms with E-state index in [-0.39, 0.29) is 0 Å². The lowest BCUT2D eigenvalue weighted by Gasteiger charge is -2.11. The van der Waals surface area contributed by atoms with Crippen molar-refractivity contribution in [1.29, 1.82) is 0 Å². The maximum Gasteiger partial charge on any atom is 0.118 e. The van der Waals surface area contributed by atoms with E-state index in [4.69, 9.17) is 9.47 Å². The maximum atomic E-state index is 5.36. The molecule has 0 saturated heterocycles. The Morgan fingerprint density at radius 1 is 0.375 bits per heavy atom. The van der Waals surface area contributed by atoms with Crippen LogP contribution in [0.2, 0.25) is 0 Å². The molecule has 40 heavy (non-hydrogen) atoms. The first kappa shape index (κ1) is 22.7. The molecule has 0 bridgehead atoms. The highest BCUT2D eigenvalue weighted by molar-refractivity contribution is 6.06. The molecule has 0 amide bonds. The van der Waals surface area contributed by atoms with Crippen molar-refractivity contribution in [3.63, 3.8) is 0 Å². The van der Waals surface area contributed by atoms with Crippen molar-refractivity contribution in [2.45, 2.75) is 0 Å². The van der Waals surface area contributed by atoms with Crippen LogP contribution >= 0.6 is 0 Å². The number of methoxy groups -OCH3 is 2. The Kier molecular flexibility index (Phi) is 4.92. The fourth-order valence-corrected chi connectivity index (χ4v) is 6.07. The molecule has 0 aliphatic heterocycles. The predicted octanol–water partition coefficient (Wildman–Crippen LogP) is 9.00. The van der Waals surface area contributed by atoms with Crippen LogP contribution in [-0.2, 0) is 0 Å². The molecule has 4 heteroatoms. The van der Waals surface area contributed by atoms with Crippen molar-refractivity contribution >= 4 is 43.9 Å². The van der Waals surface area contributed by atoms with Crippen LogP contribution in [0.1, 0.15) is 0 Å². The number of fused-ring (bicyclic) bond motifs is 10. The van der Waals surface area contributed by atoms with E-state index in [1.807, 2.05) is 24.3 Å². The highest BCUT2D eigenvalue weighted by atomic mass is 16.5. The molecule has 0 unspecified atom stereocenters. The number of ether oxygens (including phenoxy) is 2. The molecule has 0 N–H and O–H groups in total. The number of nitrogens with zero attached hydrogens (tertiary/aromatic N) is 2. The van der Waals surface area contributed by atoms with E-state index in [9.17, 15) is 0 Å². The largest absolute Gasteiger partial charge is 0.497 e. The van der Waals surface area contributed by atoms with Gasteiger partial charge in [0.15, 0.2) is 0 Å². The summed E-state index contributed by atoms with van der Waals surface area (Å²) in [6.45, 7) is 0. The van der Waals surface area contributed by atoms with Crippen molar-refractivity contribution < 1.29 is 9.47 Å². The second kappa shape index (κ2) is 8.65. The van der Waals surface area contributed by atoms with E-state index in [0.717, 1.165) is 11.5 Å². The zero-order valence-electron chi connectivity index (χ0n) is 22.3. The van der Waals surface area contributed by atoms with Gasteiger partial charge in [-0.15, -0.1) is 0 Å². The highest BCUT2D eigenvalue weighted by Crippen LogP contribution is 2.36. The third-order valence-electron chi connectivity index (χ3n) is 8.08. The van der Waals surface area contributed by atoms with Gasteiger partial charge in [-0.05, 0) is 82.9 Å². The molecule has 8 rings (SSSR count). The van der Waals surface area contributed by atoms with Gasteiger partial charge in [0.25, 0.3) is 0 Å². The van der Waals surface area contributed by atoms with E-state index in [2.05, 4.69) is 106 Å². The molecule has 3 heterocycles. The van der Waals surface area contributed by atoms with Gasteiger partial charge in [0.1, 0.15) is 11.5 Å². The summed E-state index contributed by atoms with van der Waals surface area (Å²) in [5, 5.41) is 2.44. The fourth-order valence-electron chi connectivity index (χ4n) is 6.07. The number of benzene rings is 5. The van der Waals surface area contributed by atoms with Crippen molar-refractivity contribution in [2.24, 2.45) is 0 Å². The minimum absolute atomic E-state index is 0.863. The molecule has 0 saturated carbocycles. The lowest BCUT2D eigenvalue weighted by molar-refractivity contribution is 0.415. The van der Waals surface area contributed by atoms with E-state index in [0.29, 0.717) is 0 Å². The molecule has 8 aromatic rings. The minimum Gasteiger partial charge on any atom is -0.497 e. The third kappa shape index (κ3) is 3.33. The molecule has 5 aromatic carbocycles. The van der Waals surface area contributed by atoms with E-state index in [1.165, 1.54) is 66.1 Å². The smallest absolute Gasteiger partial charge is 0.118 e. The van der Waals surface area contributed by atoms with Gasteiger partial charge < -0.3 is 18.3 Å². The molecule has 0 fully saturated rings. The van der Waals surface area contributed by atoms with Gasteiger partial charge in [-0.2, -0.15) is 0 Å². The van der Waals surface area contributed by atoms with E-state index >= 15 is 0 Å². The van der Waals surface area contributed by atoms with Gasteiger partial charge in [0.2, 0.25) is 0 Å². The second-order valence-corrected chi connectivity index (χ2v) is 10.2. The molecule has 0 aliphatic carbocycles. The second-order valence-electron chi connectivity index (χ2n) is 10.2. The summed E-state index contributed by atoms with van der Waals surface area (Å²) in [6, 6.07) is 43.3. The monoisotopic (exact) mass is 518 g/mol. The van der Waals surface area contributed by atoms with Crippen LogP contribution in [0, 0.1) is 0 Å². The summed E-state index contributed by atoms with van der Waals surface area (Å²) in [4.78, 5) is 0. The average Bonchev–Trinajstić information content (AvgIpc) is 3.60. The Hall–Kier alpha value is -5.22. The van der Waals surface area contributed by atoms with Crippen LogP contribution in [0.5, 0.6) is 11.5 Å². The summed E-state index contributed by atoms with van der Waals surface area (Å²) in [6.07, 6.45) is 0. The number of hydrogen-bond acceptors (Lipinski definition) is 2. The lowest BCUT2D eigenvalue weighted by atomic mass is 10.0. The standard InChI is InChI=1S/C36H26N2O2/c1-39-29-15-11-23(12-16-29)25-7-9-27-21-35-36-22-28-10-8-26(24-13-17-30(40-2)18-14-24)20-34(28)38(36)32-6-4-3-5-31(32)37(35)33(27)19-25/h3-22H,1-2H3. The van der Waals surface area contributed by atoms with Crippen molar-refractivity contribution in [3.8, 4) is 33.8 Å². The van der Waals surface area contributed by atoms with Gasteiger partial charge in [-0.3, -0.25) is 0 Å². The molecule has 0 spiro atoms. The van der Waals surface area contributed by atoms with Crippen LogP contribution in [-0.4, -0.2) is 23.0 Å². The van der Waals surface area contributed by atoms with Gasteiger partial charge in [0.05, 0.1) is 47.3 Å². The molecule has 0 radical (unpaired) electrons. The highest BCUT2D eigenvalue weighted by Gasteiger charge is 2.16. The van der Waals surface area contributed by atoms with Gasteiger partial charge in [-0.1, -0.05) is 60.7 Å². The van der Waals surface area contributed by atoms with Crippen molar-refractivity contribution in [1.82, 2.24) is 8.80 Å². The van der Waals surface area contributed by atoms with Crippen LogP contribution in [0.3, 0.4) is 0 Å². The summed E-state index contributed by atoms with van der Waals surface area (Å²) in [7, 11) is 3.40. The van der Waals surface area contributed by atoms with Crippen LogP contribution < -0.4 is 9.47 Å². The Morgan fingerprint density at radius 2 is 0.775 bits per heavy atom. The van der Waals surface area contributed by atoms with E-state index in [1.54, 1.807) is 14.2 Å². The van der Waals surface area contributed by atoms with Crippen molar-refractivity contribution in [2.75, 3.05) is 14.2 Å². The van der Waals surface area contributed by atoms with Gasteiger partial charge in [-0.25, -0.2) is 0 Å². The first-order valence-corrected chi connectivity index (χ1v) is 13.4. The van der Waals surface area contributed by atoms with Crippen LogP contribution in [0.4, 0.5) is 0 Å². The molecule has 0 atom stereocenters. The van der Waals surface area contributed by atoms with Gasteiger partial charge >= 0.3 is 0 Å². The molecule has 192 valence electrons. The summed E-state index contributed by atoms with van der Waals surface area (Å²) >= 11 is 0. The Bertz CT molecular complexity index is 2060. The zero-order chi connectivity index (χ0) is 26.8. The summed E-state index contributed by atoms with van der Waals surface area (Å²) in [5.74, 6) is 1.73. The number of aromatic nitrogens is 2. The third-order valence-corrected chi connectivity index (χ3v) is 8.08. The summed E-state index contributed by atoms with van der Waals surface area (Å²) in [5.41, 5.74) is 11.9. The quantitative estimate of drug-likeness (QED) is 0.232. The maximum absolute atomic E-state index is 5.36. The number of para-hydroxylation sites is 2. The first-order valence-electron chi connectivity index (χ1n) is 13.4. The SMILES string of the molecule is COc1ccc(-c2ccc3cc4c5cc6ccc(-c7ccc(OC)cc7)cc6n5c5ccccc5n4c3c2)cc1. The first-order chi connectivity index (χ1) is 19.7. The summed E-state index contributed by atoms with van der Waals surface area (Å²) < 4.78 is 15.6. The zero-order valence-corrected chi connectivity index (χ0v) is 22.3. The normalized spacial score (nSPS) is 11.8. The lowest BCUT2D eigenvalue weighted by Crippen LogP contribution is -1.96. The molecule has 4 nitrogen and oxygen atoms in total.